The molecule has 12 heavy (non-hydrogen) atoms. The van der Waals surface area contributed by atoms with Gasteiger partial charge in [-0.2, -0.15) is 11.8 Å². The van der Waals surface area contributed by atoms with Crippen molar-refractivity contribution in [2.24, 2.45) is 0 Å². The molecule has 0 bridgehead atoms. The number of hydrogen-bond donors (Lipinski definition) is 2. The maximum atomic E-state index is 9.97. The summed E-state index contributed by atoms with van der Waals surface area (Å²) >= 11 is 1.35. The summed E-state index contributed by atoms with van der Waals surface area (Å²) in [5, 5.41) is 16.4. The molecule has 0 fully saturated rings. The molecule has 0 aliphatic heterocycles. The second-order valence-corrected chi connectivity index (χ2v) is 3.12. The van der Waals surface area contributed by atoms with E-state index in [1.165, 1.54) is 11.8 Å². The standard InChI is InChI=1S/C6H10O4S.Li.H/c7-5(8)1-3-11-4-2-6(9)10;;/h1-4H2,(H,7,8)(H,9,10);;/q;+1;-1. The van der Waals surface area contributed by atoms with E-state index in [1.807, 2.05) is 0 Å². The Labute approximate surface area is 88.4 Å². The van der Waals surface area contributed by atoms with E-state index in [2.05, 4.69) is 0 Å². The molecular formula is C6H11LiO4S. The van der Waals surface area contributed by atoms with Crippen LogP contribution < -0.4 is 18.9 Å². The van der Waals surface area contributed by atoms with Crippen LogP contribution in [-0.4, -0.2) is 33.7 Å². The molecular weight excluding hydrogens is 175 g/mol. The van der Waals surface area contributed by atoms with Crippen LogP contribution in [0.5, 0.6) is 0 Å². The first-order valence-corrected chi connectivity index (χ1v) is 4.29. The van der Waals surface area contributed by atoms with Gasteiger partial charge in [0.1, 0.15) is 0 Å². The zero-order valence-electron chi connectivity index (χ0n) is 7.95. The molecule has 0 aromatic heterocycles. The molecule has 0 atom stereocenters. The van der Waals surface area contributed by atoms with Crippen LogP contribution in [0, 0.1) is 0 Å². The van der Waals surface area contributed by atoms with Gasteiger partial charge in [-0.15, -0.1) is 0 Å². The molecule has 0 amide bonds. The summed E-state index contributed by atoms with van der Waals surface area (Å²) < 4.78 is 0. The van der Waals surface area contributed by atoms with Crippen molar-refractivity contribution in [1.82, 2.24) is 0 Å². The van der Waals surface area contributed by atoms with Crippen LogP contribution in [0.15, 0.2) is 0 Å². The number of carbonyl (C=O) groups is 2. The van der Waals surface area contributed by atoms with Gasteiger partial charge in [0.15, 0.2) is 0 Å². The van der Waals surface area contributed by atoms with E-state index >= 15 is 0 Å². The van der Waals surface area contributed by atoms with E-state index in [-0.39, 0.29) is 33.1 Å². The summed E-state index contributed by atoms with van der Waals surface area (Å²) in [4.78, 5) is 19.9. The van der Waals surface area contributed by atoms with Crippen LogP contribution in [0.4, 0.5) is 0 Å². The topological polar surface area (TPSA) is 74.6 Å². The number of rotatable bonds is 6. The molecule has 0 aromatic carbocycles. The predicted molar refractivity (Wildman–Crippen MR) is 42.9 cm³/mol. The number of thioether (sulfide) groups is 1. The number of hydrogen-bond acceptors (Lipinski definition) is 3. The molecule has 4 nitrogen and oxygen atoms in total. The van der Waals surface area contributed by atoms with Gasteiger partial charge in [-0.05, 0) is 0 Å². The Kier molecular flexibility index (Phi) is 10.8. The van der Waals surface area contributed by atoms with E-state index in [4.69, 9.17) is 10.2 Å². The van der Waals surface area contributed by atoms with Crippen molar-refractivity contribution >= 4 is 23.7 Å². The van der Waals surface area contributed by atoms with Crippen LogP contribution in [0.25, 0.3) is 0 Å². The summed E-state index contributed by atoms with van der Waals surface area (Å²) in [5.74, 6) is -0.703. The van der Waals surface area contributed by atoms with Crippen LogP contribution >= 0.6 is 11.8 Å². The second kappa shape index (κ2) is 8.98. The van der Waals surface area contributed by atoms with E-state index < -0.39 is 11.9 Å². The first-order valence-electron chi connectivity index (χ1n) is 3.14. The Balaban J connectivity index is -0.000000500. The normalized spacial score (nSPS) is 8.67. The van der Waals surface area contributed by atoms with Crippen LogP contribution in [0.1, 0.15) is 14.3 Å². The molecule has 0 rings (SSSR count). The van der Waals surface area contributed by atoms with Gasteiger partial charge in [0.2, 0.25) is 0 Å². The van der Waals surface area contributed by atoms with Crippen molar-refractivity contribution < 1.29 is 40.1 Å². The fourth-order valence-electron chi connectivity index (χ4n) is 0.421. The van der Waals surface area contributed by atoms with Crippen molar-refractivity contribution in [3.63, 3.8) is 0 Å². The quantitative estimate of drug-likeness (QED) is 0.363. The molecule has 66 valence electrons. The summed E-state index contributed by atoms with van der Waals surface area (Å²) in [7, 11) is 0. The minimum Gasteiger partial charge on any atom is -1.00 e. The third kappa shape index (κ3) is 12.6. The summed E-state index contributed by atoms with van der Waals surface area (Å²) in [6.07, 6.45) is 0.203. The van der Waals surface area contributed by atoms with E-state index in [0.717, 1.165) is 0 Å². The Morgan fingerprint density at radius 1 is 1.08 bits per heavy atom. The maximum absolute atomic E-state index is 9.97. The number of carboxylic acids is 2. The van der Waals surface area contributed by atoms with Crippen molar-refractivity contribution in [1.29, 1.82) is 0 Å². The van der Waals surface area contributed by atoms with Gasteiger partial charge < -0.3 is 11.6 Å². The molecule has 0 radical (unpaired) electrons. The molecule has 0 spiro atoms. The largest absolute Gasteiger partial charge is 1.00 e. The fourth-order valence-corrected chi connectivity index (χ4v) is 1.26. The van der Waals surface area contributed by atoms with Crippen LogP contribution in [-0.2, 0) is 9.59 Å². The molecule has 0 saturated carbocycles. The third-order valence-electron chi connectivity index (χ3n) is 0.921. The average molecular weight is 186 g/mol. The minimum atomic E-state index is -0.840. The molecule has 0 aromatic rings. The molecule has 0 heterocycles. The zero-order valence-corrected chi connectivity index (χ0v) is 7.76. The monoisotopic (exact) mass is 186 g/mol. The SMILES string of the molecule is O=C(O)CCSCCC(=O)O.[H-].[Li+]. The smallest absolute Gasteiger partial charge is 1.00 e. The Morgan fingerprint density at radius 2 is 1.42 bits per heavy atom. The van der Waals surface area contributed by atoms with Crippen LogP contribution in [0.3, 0.4) is 0 Å². The van der Waals surface area contributed by atoms with Crippen LogP contribution in [0.2, 0.25) is 0 Å². The Morgan fingerprint density at radius 3 is 1.67 bits per heavy atom. The summed E-state index contributed by atoms with van der Waals surface area (Å²) in [6, 6.07) is 0. The van der Waals surface area contributed by atoms with Crippen molar-refractivity contribution in [2.45, 2.75) is 12.8 Å². The zero-order chi connectivity index (χ0) is 8.69. The van der Waals surface area contributed by atoms with Gasteiger partial charge in [0, 0.05) is 11.5 Å². The maximum Gasteiger partial charge on any atom is 1.00 e. The van der Waals surface area contributed by atoms with Gasteiger partial charge in [-0.3, -0.25) is 9.59 Å². The van der Waals surface area contributed by atoms with E-state index in [0.29, 0.717) is 11.5 Å². The average Bonchev–Trinajstić information content (AvgIpc) is 1.85. The fraction of sp³-hybridized carbons (Fsp3) is 0.667. The van der Waals surface area contributed by atoms with Crippen molar-refractivity contribution in [3.8, 4) is 0 Å². The first-order chi connectivity index (χ1) is 5.13. The van der Waals surface area contributed by atoms with Crippen molar-refractivity contribution in [3.05, 3.63) is 0 Å². The molecule has 0 unspecified atom stereocenters. The predicted octanol–water partition coefficient (Wildman–Crippen LogP) is -2.21. The van der Waals surface area contributed by atoms with Gasteiger partial charge in [-0.25, -0.2) is 0 Å². The number of carboxylic acid groups (broad SMARTS) is 2. The molecule has 0 aliphatic rings. The first kappa shape index (κ1) is 14.4. The minimum absolute atomic E-state index is 0. The molecule has 6 heteroatoms. The number of aliphatic carboxylic acids is 2. The molecule has 0 saturated heterocycles. The Hall–Kier alpha value is -0.113. The Bertz CT molecular complexity index is 140. The molecule has 2 N–H and O–H groups in total. The molecule has 0 aliphatic carbocycles. The van der Waals surface area contributed by atoms with E-state index in [9.17, 15) is 9.59 Å². The summed E-state index contributed by atoms with van der Waals surface area (Å²) in [5.41, 5.74) is 0. The van der Waals surface area contributed by atoms with Gasteiger partial charge in [0.05, 0.1) is 12.8 Å². The van der Waals surface area contributed by atoms with Gasteiger partial charge >= 0.3 is 30.8 Å². The van der Waals surface area contributed by atoms with E-state index in [1.54, 1.807) is 0 Å². The summed E-state index contributed by atoms with van der Waals surface area (Å²) in [6.45, 7) is 0. The van der Waals surface area contributed by atoms with Gasteiger partial charge in [-0.1, -0.05) is 0 Å². The second-order valence-electron chi connectivity index (χ2n) is 1.90. The van der Waals surface area contributed by atoms with Crippen molar-refractivity contribution in [2.75, 3.05) is 11.5 Å². The third-order valence-corrected chi connectivity index (χ3v) is 1.91. The van der Waals surface area contributed by atoms with Gasteiger partial charge in [0.25, 0.3) is 0 Å².